The number of nitrogens with zero attached hydrogens (tertiary/aromatic N) is 1. The van der Waals surface area contributed by atoms with Crippen LogP contribution in [0, 0.1) is 0 Å². The Morgan fingerprint density at radius 1 is 0.867 bits per heavy atom. The van der Waals surface area contributed by atoms with Gasteiger partial charge in [-0.2, -0.15) is 0 Å². The zero-order valence-corrected chi connectivity index (χ0v) is 32.5. The van der Waals surface area contributed by atoms with Gasteiger partial charge in [0.05, 0.1) is 18.4 Å². The molecule has 10 nitrogen and oxygen atoms in total. The number of benzene rings is 2. The van der Waals surface area contributed by atoms with Crippen molar-refractivity contribution in [2.24, 2.45) is 0 Å². The number of hydrogen-bond acceptors (Lipinski definition) is 9. The van der Waals surface area contributed by atoms with Crippen molar-refractivity contribution in [3.05, 3.63) is 59.4 Å². The second kappa shape index (κ2) is 22.9. The number of unbranched alkanes of at least 4 members (excludes halogenated alkanes) is 3. The van der Waals surface area contributed by atoms with Crippen LogP contribution in [0.4, 0.5) is 10.5 Å². The summed E-state index contributed by atoms with van der Waals surface area (Å²) < 4.78 is 38.0. The maximum Gasteiger partial charge on any atom is 1.00 e. The molecular weight excluding hydrogens is 618 g/mol. The Hall–Kier alpha value is -1.57. The fourth-order valence-electron chi connectivity index (χ4n) is 4.61. The summed E-state index contributed by atoms with van der Waals surface area (Å²) in [7, 11) is -3.45. The van der Waals surface area contributed by atoms with Crippen molar-refractivity contribution in [1.29, 1.82) is 0 Å². The molecule has 1 N–H and O–H groups in total. The third kappa shape index (κ3) is 16.2. The van der Waals surface area contributed by atoms with Crippen LogP contribution in [0.1, 0.15) is 87.4 Å². The first-order chi connectivity index (χ1) is 20.5. The van der Waals surface area contributed by atoms with Crippen LogP contribution in [-0.4, -0.2) is 57.8 Å². The Bertz CT molecular complexity index is 1400. The van der Waals surface area contributed by atoms with Gasteiger partial charge in [0.1, 0.15) is 17.1 Å². The van der Waals surface area contributed by atoms with Crippen LogP contribution in [-0.2, 0) is 16.4 Å². The first-order valence-corrected chi connectivity index (χ1v) is 16.8. The number of carboxylic acid groups (broad SMARTS) is 2. The maximum atomic E-state index is 13.7. The third-order valence-electron chi connectivity index (χ3n) is 6.71. The molecule has 0 aliphatic heterocycles. The number of hydrogen-bond donors (Lipinski definition) is 1. The molecule has 1 aromatic heterocycles. The van der Waals surface area contributed by atoms with Crippen molar-refractivity contribution in [3.63, 3.8) is 0 Å². The SMILES string of the molecule is CCCCc1oc2ccc(NS(C)(=O)=O)cc2c1C(=O)c1ccc(OCCCN(CCCC)CCCC)cc1.O=C([O-])[O-].[Na+].[Na+]. The molecule has 3 aromatic rings. The maximum absolute atomic E-state index is 13.7. The number of ketones is 1. The van der Waals surface area contributed by atoms with E-state index in [0.717, 1.165) is 50.9 Å². The smallest absolute Gasteiger partial charge is 0.652 e. The average molecular weight is 663 g/mol. The van der Waals surface area contributed by atoms with Gasteiger partial charge in [-0.3, -0.25) is 9.52 Å². The molecular formula is C32H44N2Na2O8S. The number of aryl methyl sites for hydroxylation is 1. The second-order valence-corrected chi connectivity index (χ2v) is 12.2. The fourth-order valence-corrected chi connectivity index (χ4v) is 5.17. The fraction of sp³-hybridized carbons (Fsp3) is 0.500. The minimum Gasteiger partial charge on any atom is -0.652 e. The predicted molar refractivity (Wildman–Crippen MR) is 165 cm³/mol. The van der Waals surface area contributed by atoms with E-state index in [9.17, 15) is 13.2 Å². The molecule has 0 saturated heterocycles. The van der Waals surface area contributed by atoms with E-state index in [1.54, 1.807) is 30.3 Å². The summed E-state index contributed by atoms with van der Waals surface area (Å²) in [5.74, 6) is 1.22. The first-order valence-electron chi connectivity index (χ1n) is 14.9. The standard InChI is InChI=1S/C31H44N2O5S.CH2O3.2Na/c1-5-8-12-29-30(27-23-25(32-39(4,35)36)15-18-28(27)38-29)31(34)24-13-16-26(17-14-24)37-22-11-21-33(19-9-6-2)20-10-7-3;2-1(3)4;;/h13-18,23,32H,5-12,19-22H2,1-4H3;(H2,2,3,4);;/q;;2*+1/p-2. The van der Waals surface area contributed by atoms with Gasteiger partial charge in [-0.1, -0.05) is 40.0 Å². The van der Waals surface area contributed by atoms with Gasteiger partial charge in [0.15, 0.2) is 5.78 Å². The predicted octanol–water partition coefficient (Wildman–Crippen LogP) is -1.39. The largest absolute Gasteiger partial charge is 1.00 e. The summed E-state index contributed by atoms with van der Waals surface area (Å²) in [6, 6.07) is 12.3. The van der Waals surface area contributed by atoms with Gasteiger partial charge >= 0.3 is 59.1 Å². The Morgan fingerprint density at radius 2 is 1.42 bits per heavy atom. The van der Waals surface area contributed by atoms with Crippen molar-refractivity contribution in [2.75, 3.05) is 37.2 Å². The second-order valence-electron chi connectivity index (χ2n) is 10.4. The minimum atomic E-state index is -3.45. The Kier molecular flexibility index (Phi) is 22.1. The molecule has 0 radical (unpaired) electrons. The third-order valence-corrected chi connectivity index (χ3v) is 7.31. The number of carbonyl (C=O) groups is 2. The number of furan rings is 1. The average Bonchev–Trinajstić information content (AvgIpc) is 3.31. The molecule has 0 aliphatic carbocycles. The summed E-state index contributed by atoms with van der Waals surface area (Å²) in [6.07, 6.45) is 7.07. The van der Waals surface area contributed by atoms with E-state index < -0.39 is 16.2 Å². The van der Waals surface area contributed by atoms with Crippen LogP contribution in [0.2, 0.25) is 0 Å². The molecule has 2 aromatic carbocycles. The molecule has 238 valence electrons. The molecule has 0 atom stereocenters. The molecule has 0 fully saturated rings. The van der Waals surface area contributed by atoms with Crippen molar-refractivity contribution in [2.45, 2.75) is 72.1 Å². The summed E-state index contributed by atoms with van der Waals surface area (Å²) in [5, 5.41) is 17.3. The van der Waals surface area contributed by atoms with Crippen LogP contribution in [0.3, 0.4) is 0 Å². The molecule has 0 spiro atoms. The van der Waals surface area contributed by atoms with Gasteiger partial charge in [0.25, 0.3) is 0 Å². The van der Waals surface area contributed by atoms with Crippen LogP contribution in [0.15, 0.2) is 46.9 Å². The normalized spacial score (nSPS) is 10.8. The number of fused-ring (bicyclic) bond motifs is 1. The van der Waals surface area contributed by atoms with E-state index in [1.165, 1.54) is 25.7 Å². The number of nitrogens with one attached hydrogen (secondary N) is 1. The van der Waals surface area contributed by atoms with Gasteiger partial charge in [-0.25, -0.2) is 8.42 Å². The molecule has 45 heavy (non-hydrogen) atoms. The van der Waals surface area contributed by atoms with Gasteiger partial charge in [0, 0.05) is 29.6 Å². The Labute approximate surface area is 311 Å². The van der Waals surface area contributed by atoms with E-state index in [-0.39, 0.29) is 64.9 Å². The number of sulfonamides is 1. The monoisotopic (exact) mass is 662 g/mol. The molecule has 0 bridgehead atoms. The number of anilines is 1. The van der Waals surface area contributed by atoms with Crippen LogP contribution < -0.4 is 78.8 Å². The van der Waals surface area contributed by atoms with Crippen LogP contribution in [0.5, 0.6) is 5.75 Å². The zero-order chi connectivity index (χ0) is 31.8. The van der Waals surface area contributed by atoms with E-state index in [4.69, 9.17) is 24.2 Å². The van der Waals surface area contributed by atoms with E-state index in [2.05, 4.69) is 30.4 Å². The van der Waals surface area contributed by atoms with E-state index in [0.29, 0.717) is 46.6 Å². The van der Waals surface area contributed by atoms with Crippen LogP contribution in [0.25, 0.3) is 11.0 Å². The van der Waals surface area contributed by atoms with E-state index >= 15 is 0 Å². The molecule has 13 heteroatoms. The topological polar surface area (TPSA) is 152 Å². The van der Waals surface area contributed by atoms with Gasteiger partial charge in [0.2, 0.25) is 10.0 Å². The number of carbonyl (C=O) groups excluding carboxylic acids is 2. The summed E-state index contributed by atoms with van der Waals surface area (Å²) in [6.45, 7) is 10.5. The van der Waals surface area contributed by atoms with Gasteiger partial charge in [-0.15, -0.1) is 0 Å². The van der Waals surface area contributed by atoms with Gasteiger partial charge < -0.3 is 29.1 Å². The van der Waals surface area contributed by atoms with Crippen molar-refractivity contribution < 1.29 is 96.5 Å². The van der Waals surface area contributed by atoms with Crippen LogP contribution >= 0.6 is 0 Å². The molecule has 0 unspecified atom stereocenters. The minimum absolute atomic E-state index is 0. The van der Waals surface area contributed by atoms with E-state index in [1.807, 2.05) is 12.1 Å². The summed E-state index contributed by atoms with van der Waals surface area (Å²) >= 11 is 0. The molecule has 0 saturated carbocycles. The molecule has 3 rings (SSSR count). The first kappa shape index (κ1) is 43.4. The van der Waals surface area contributed by atoms with Crippen molar-refractivity contribution >= 4 is 38.6 Å². The van der Waals surface area contributed by atoms with Gasteiger partial charge in [-0.05, 0) is 87.4 Å². The summed E-state index contributed by atoms with van der Waals surface area (Å²) in [4.78, 5) is 24.5. The van der Waals surface area contributed by atoms with Crippen molar-refractivity contribution in [1.82, 2.24) is 4.90 Å². The van der Waals surface area contributed by atoms with Crippen molar-refractivity contribution in [3.8, 4) is 5.75 Å². The number of ether oxygens (including phenoxy) is 1. The molecule has 0 amide bonds. The Balaban J connectivity index is 0.00000304. The quantitative estimate of drug-likeness (QED) is 0.0987. The number of rotatable bonds is 18. The zero-order valence-electron chi connectivity index (χ0n) is 27.6. The summed E-state index contributed by atoms with van der Waals surface area (Å²) in [5.41, 5.74) is 1.99. The molecule has 0 aliphatic rings. The Morgan fingerprint density at radius 3 is 1.96 bits per heavy atom. The molecule has 1 heterocycles.